The van der Waals surface area contributed by atoms with Gasteiger partial charge in [0, 0.05) is 29.2 Å². The summed E-state index contributed by atoms with van der Waals surface area (Å²) in [5.41, 5.74) is 0.700. The Morgan fingerprint density at radius 2 is 1.98 bits per heavy atom. The van der Waals surface area contributed by atoms with Crippen molar-refractivity contribution < 1.29 is 33.7 Å². The van der Waals surface area contributed by atoms with Crippen molar-refractivity contribution >= 4 is 28.3 Å². The number of aliphatic hydroxyl groups excluding tert-OH is 2. The minimum atomic E-state index is -0.728. The number of fused-ring (bicyclic) bond motifs is 2. The van der Waals surface area contributed by atoms with Crippen molar-refractivity contribution in [2.75, 3.05) is 32.7 Å². The lowest BCUT2D eigenvalue weighted by Gasteiger charge is -2.58. The third-order valence-corrected chi connectivity index (χ3v) is 10.4. The number of methoxy groups -OCH3 is 2. The van der Waals surface area contributed by atoms with Crippen LogP contribution in [0.1, 0.15) is 65.7 Å². The van der Waals surface area contributed by atoms with Gasteiger partial charge in [0.2, 0.25) is 5.91 Å². The maximum Gasteiger partial charge on any atom is 0.293 e. The average Bonchev–Trinajstić information content (AvgIpc) is 3.66. The quantitative estimate of drug-likeness (QED) is 0.273. The van der Waals surface area contributed by atoms with Crippen LogP contribution in [0.3, 0.4) is 0 Å². The van der Waals surface area contributed by atoms with Gasteiger partial charge in [-0.3, -0.25) is 14.9 Å². The Bertz CT molecular complexity index is 1420. The molecule has 1 fully saturated rings. The maximum absolute atomic E-state index is 13.4. The van der Waals surface area contributed by atoms with E-state index in [1.165, 1.54) is 17.6 Å². The number of rotatable bonds is 10. The number of benzene rings is 1. The molecule has 42 heavy (non-hydrogen) atoms. The number of nitrogens with one attached hydrogen (secondary N) is 2. The lowest BCUT2D eigenvalue weighted by molar-refractivity contribution is -0.144. The Kier molecular flexibility index (Phi) is 8.63. The molecule has 2 aromatic heterocycles. The monoisotopic (exact) mass is 597 g/mol. The van der Waals surface area contributed by atoms with Gasteiger partial charge in [0.05, 0.1) is 38.9 Å². The van der Waals surface area contributed by atoms with E-state index in [1.807, 2.05) is 25.1 Å². The summed E-state index contributed by atoms with van der Waals surface area (Å²) in [6.45, 7) is 4.38. The normalized spacial score (nSPS) is 26.6. The van der Waals surface area contributed by atoms with Crippen molar-refractivity contribution in [1.82, 2.24) is 10.3 Å². The molecule has 4 N–H and O–H groups in total. The molecule has 1 aromatic carbocycles. The van der Waals surface area contributed by atoms with Gasteiger partial charge >= 0.3 is 0 Å². The fraction of sp³-hybridized carbons (Fsp3) is 0.516. The SMILES string of the molecule is COc1ccc(CCNC(=O)CC2c3nc(NC(=O)c4ccco4)sc3CC3C(C)(CO)C(O)CCC23C)cc1OC. The van der Waals surface area contributed by atoms with E-state index in [0.29, 0.717) is 48.9 Å². The molecule has 0 spiro atoms. The molecule has 2 aliphatic rings. The first-order valence-electron chi connectivity index (χ1n) is 14.2. The third kappa shape index (κ3) is 5.52. The summed E-state index contributed by atoms with van der Waals surface area (Å²) in [5.74, 6) is 0.650. The number of anilines is 1. The summed E-state index contributed by atoms with van der Waals surface area (Å²) in [4.78, 5) is 31.9. The van der Waals surface area contributed by atoms with Crippen LogP contribution in [-0.2, 0) is 17.6 Å². The Morgan fingerprint density at radius 3 is 2.67 bits per heavy atom. The van der Waals surface area contributed by atoms with Crippen LogP contribution in [0.4, 0.5) is 5.13 Å². The zero-order chi connectivity index (χ0) is 30.1. The predicted molar refractivity (Wildman–Crippen MR) is 158 cm³/mol. The molecule has 1 saturated carbocycles. The van der Waals surface area contributed by atoms with Crippen LogP contribution in [0.15, 0.2) is 41.0 Å². The van der Waals surface area contributed by atoms with Crippen molar-refractivity contribution in [2.45, 2.75) is 58.0 Å². The summed E-state index contributed by atoms with van der Waals surface area (Å²) >= 11 is 1.38. The number of aliphatic hydroxyl groups is 2. The number of carbonyl (C=O) groups excluding carboxylic acids is 2. The Labute approximate surface area is 249 Å². The number of nitrogens with zero attached hydrogens (tertiary/aromatic N) is 1. The van der Waals surface area contributed by atoms with Gasteiger partial charge in [-0.1, -0.05) is 19.9 Å². The minimum Gasteiger partial charge on any atom is -0.493 e. The molecule has 2 heterocycles. The van der Waals surface area contributed by atoms with E-state index in [1.54, 1.807) is 26.4 Å². The van der Waals surface area contributed by atoms with Gasteiger partial charge in [0.1, 0.15) is 0 Å². The van der Waals surface area contributed by atoms with Gasteiger partial charge in [-0.25, -0.2) is 4.98 Å². The van der Waals surface area contributed by atoms with Crippen LogP contribution in [-0.4, -0.2) is 60.5 Å². The maximum atomic E-state index is 13.4. The van der Waals surface area contributed by atoms with E-state index in [9.17, 15) is 19.8 Å². The van der Waals surface area contributed by atoms with Crippen LogP contribution >= 0.6 is 11.3 Å². The van der Waals surface area contributed by atoms with Gasteiger partial charge in [0.15, 0.2) is 22.4 Å². The summed E-state index contributed by atoms with van der Waals surface area (Å²) in [7, 11) is 3.18. The molecule has 0 aliphatic heterocycles. The number of ether oxygens (including phenoxy) is 2. The first-order chi connectivity index (χ1) is 20.1. The van der Waals surface area contributed by atoms with Crippen molar-refractivity contribution in [3.8, 4) is 11.5 Å². The van der Waals surface area contributed by atoms with Crippen LogP contribution in [0, 0.1) is 16.7 Å². The molecule has 226 valence electrons. The predicted octanol–water partition coefficient (Wildman–Crippen LogP) is 4.17. The second-order valence-corrected chi connectivity index (χ2v) is 12.9. The Morgan fingerprint density at radius 1 is 1.19 bits per heavy atom. The van der Waals surface area contributed by atoms with Gasteiger partial charge in [0.25, 0.3) is 5.91 Å². The topological polar surface area (TPSA) is 143 Å². The van der Waals surface area contributed by atoms with E-state index < -0.39 is 17.4 Å². The van der Waals surface area contributed by atoms with Gasteiger partial charge < -0.3 is 29.4 Å². The van der Waals surface area contributed by atoms with E-state index in [4.69, 9.17) is 18.9 Å². The molecule has 5 rings (SSSR count). The zero-order valence-electron chi connectivity index (χ0n) is 24.4. The standard InChI is InChI=1S/C31H39N3O7S/c1-30-11-9-25(36)31(2,17-35)24(30)16-23-27(33-29(42-23)34-28(38)21-6-5-13-41-21)19(30)15-26(37)32-12-10-18-7-8-20(39-3)22(14-18)40-4/h5-8,13-14,19,24-25,35-36H,9-12,15-17H2,1-4H3,(H,32,37)(H,33,34,38). The molecular formula is C31H39N3O7S. The molecule has 0 saturated heterocycles. The molecule has 0 radical (unpaired) electrons. The first-order valence-corrected chi connectivity index (χ1v) is 15.1. The van der Waals surface area contributed by atoms with Crippen molar-refractivity contribution in [3.63, 3.8) is 0 Å². The van der Waals surface area contributed by atoms with E-state index >= 15 is 0 Å². The lowest BCUT2D eigenvalue weighted by Crippen LogP contribution is -2.57. The number of furan rings is 1. The number of thiazole rings is 1. The highest BCUT2D eigenvalue weighted by atomic mass is 32.1. The van der Waals surface area contributed by atoms with E-state index in [2.05, 4.69) is 17.6 Å². The molecule has 5 unspecified atom stereocenters. The fourth-order valence-electron chi connectivity index (χ4n) is 6.91. The number of hydrogen-bond acceptors (Lipinski definition) is 9. The van der Waals surface area contributed by atoms with Gasteiger partial charge in [-0.05, 0) is 66.8 Å². The highest BCUT2D eigenvalue weighted by molar-refractivity contribution is 7.15. The lowest BCUT2D eigenvalue weighted by atomic mass is 9.47. The minimum absolute atomic E-state index is 0.0788. The molecule has 11 heteroatoms. The van der Waals surface area contributed by atoms with Crippen molar-refractivity contribution in [3.05, 3.63) is 58.5 Å². The summed E-state index contributed by atoms with van der Waals surface area (Å²) < 4.78 is 15.9. The molecule has 0 bridgehead atoms. The summed E-state index contributed by atoms with van der Waals surface area (Å²) in [6.07, 6.45) is 3.45. The average molecular weight is 598 g/mol. The third-order valence-electron chi connectivity index (χ3n) is 9.43. The number of carbonyl (C=O) groups is 2. The zero-order valence-corrected chi connectivity index (χ0v) is 25.3. The number of amides is 2. The highest BCUT2D eigenvalue weighted by Gasteiger charge is 2.59. The second-order valence-electron chi connectivity index (χ2n) is 11.8. The van der Waals surface area contributed by atoms with E-state index in [0.717, 1.165) is 16.1 Å². The molecule has 3 aromatic rings. The van der Waals surface area contributed by atoms with Crippen LogP contribution in [0.5, 0.6) is 11.5 Å². The Hall–Kier alpha value is -3.41. The number of hydrogen-bond donors (Lipinski definition) is 4. The van der Waals surface area contributed by atoms with Gasteiger partial charge in [-0.15, -0.1) is 11.3 Å². The fourth-order valence-corrected chi connectivity index (χ4v) is 7.97. The largest absolute Gasteiger partial charge is 0.493 e. The van der Waals surface area contributed by atoms with Crippen molar-refractivity contribution in [1.29, 1.82) is 0 Å². The van der Waals surface area contributed by atoms with Crippen LogP contribution in [0.2, 0.25) is 0 Å². The molecule has 10 nitrogen and oxygen atoms in total. The summed E-state index contributed by atoms with van der Waals surface area (Å²) in [5, 5.41) is 27.8. The van der Waals surface area contributed by atoms with Crippen molar-refractivity contribution in [2.24, 2.45) is 16.7 Å². The second kappa shape index (κ2) is 12.1. The Balaban J connectivity index is 1.37. The van der Waals surface area contributed by atoms with Crippen LogP contribution in [0.25, 0.3) is 0 Å². The number of aromatic nitrogens is 1. The summed E-state index contributed by atoms with van der Waals surface area (Å²) in [6, 6.07) is 8.93. The molecule has 2 aliphatic carbocycles. The molecule has 5 atom stereocenters. The molecular weight excluding hydrogens is 558 g/mol. The van der Waals surface area contributed by atoms with E-state index in [-0.39, 0.29) is 41.9 Å². The van der Waals surface area contributed by atoms with Crippen LogP contribution < -0.4 is 20.1 Å². The smallest absolute Gasteiger partial charge is 0.293 e. The van der Waals surface area contributed by atoms with Gasteiger partial charge in [-0.2, -0.15) is 0 Å². The first kappa shape index (κ1) is 30.1. The highest BCUT2D eigenvalue weighted by Crippen LogP contribution is 2.62. The molecule has 2 amide bonds.